The molecule has 39 heavy (non-hydrogen) atoms. The second-order valence-electron chi connectivity index (χ2n) is 9.52. The number of thiazole rings is 1. The van der Waals surface area contributed by atoms with Crippen molar-refractivity contribution in [3.05, 3.63) is 126 Å². The van der Waals surface area contributed by atoms with Gasteiger partial charge in [0.1, 0.15) is 23.3 Å². The minimum atomic E-state index is -0.803. The Kier molecular flexibility index (Phi) is 6.04. The number of hydrogen-bond acceptors (Lipinski definition) is 6. The lowest BCUT2D eigenvalue weighted by Crippen LogP contribution is -2.40. The Bertz CT molecular complexity index is 1990. The average molecular weight is 536 g/mol. The van der Waals surface area contributed by atoms with Gasteiger partial charge in [-0.2, -0.15) is 0 Å². The largest absolute Gasteiger partial charge is 0.507 e. The molecule has 7 nitrogen and oxygen atoms in total. The molecule has 2 N–H and O–H groups in total. The number of nitrogens with zero attached hydrogens (tertiary/aromatic N) is 2. The van der Waals surface area contributed by atoms with Crippen molar-refractivity contribution < 1.29 is 14.3 Å². The molecule has 0 aliphatic carbocycles. The van der Waals surface area contributed by atoms with E-state index in [-0.39, 0.29) is 17.2 Å². The summed E-state index contributed by atoms with van der Waals surface area (Å²) in [5.74, 6) is 0.858. The van der Waals surface area contributed by atoms with Gasteiger partial charge in [-0.15, -0.1) is 0 Å². The number of carbonyl (C=O) groups excluding carboxylic acids is 1. The van der Waals surface area contributed by atoms with Crippen molar-refractivity contribution in [2.24, 2.45) is 4.99 Å². The molecule has 3 heterocycles. The van der Waals surface area contributed by atoms with E-state index >= 15 is 0 Å². The second kappa shape index (κ2) is 9.56. The normalized spacial score (nSPS) is 15.4. The summed E-state index contributed by atoms with van der Waals surface area (Å²) < 4.78 is 7.88. The lowest BCUT2D eigenvalue weighted by Gasteiger charge is -2.23. The molecule has 1 atom stereocenters. The van der Waals surface area contributed by atoms with Crippen LogP contribution < -0.4 is 20.2 Å². The van der Waals surface area contributed by atoms with Gasteiger partial charge >= 0.3 is 0 Å². The molecule has 1 aliphatic heterocycles. The van der Waals surface area contributed by atoms with Gasteiger partial charge in [0.2, 0.25) is 0 Å². The minimum absolute atomic E-state index is 0.0761. The summed E-state index contributed by atoms with van der Waals surface area (Å²) in [6, 6.07) is 21.4. The highest BCUT2D eigenvalue weighted by molar-refractivity contribution is 7.07. The molecule has 0 saturated heterocycles. The Morgan fingerprint density at radius 2 is 1.79 bits per heavy atom. The van der Waals surface area contributed by atoms with Gasteiger partial charge in [-0.1, -0.05) is 59.9 Å². The van der Waals surface area contributed by atoms with Gasteiger partial charge < -0.3 is 14.8 Å². The molecule has 6 rings (SSSR count). The number of aromatic nitrogens is 1. The molecule has 0 spiro atoms. The molecule has 0 radical (unpaired) electrons. The minimum Gasteiger partial charge on any atom is -0.507 e. The molecule has 2 aromatic heterocycles. The Hall–Kier alpha value is -4.69. The molecule has 194 valence electrons. The first-order valence-electron chi connectivity index (χ1n) is 12.5. The number of furan rings is 1. The first-order chi connectivity index (χ1) is 18.8. The third kappa shape index (κ3) is 4.28. The first-order valence-corrected chi connectivity index (χ1v) is 13.3. The van der Waals surface area contributed by atoms with E-state index in [1.54, 1.807) is 25.1 Å². The van der Waals surface area contributed by atoms with Crippen LogP contribution in [0.1, 0.15) is 35.6 Å². The van der Waals surface area contributed by atoms with Crippen molar-refractivity contribution in [2.75, 3.05) is 5.32 Å². The first kappa shape index (κ1) is 24.6. The number of carbonyl (C=O) groups is 1. The molecular weight excluding hydrogens is 510 g/mol. The predicted octanol–water partition coefficient (Wildman–Crippen LogP) is 4.94. The number of phenolic OH excluding ortho intramolecular Hbond substituents is 1. The van der Waals surface area contributed by atoms with E-state index in [0.29, 0.717) is 43.4 Å². The van der Waals surface area contributed by atoms with Gasteiger partial charge in [0.15, 0.2) is 4.80 Å². The summed E-state index contributed by atoms with van der Waals surface area (Å²) in [7, 11) is 0. The molecular formula is C31H25N3O4S. The maximum atomic E-state index is 13.9. The maximum Gasteiger partial charge on any atom is 0.271 e. The zero-order valence-corrected chi connectivity index (χ0v) is 22.4. The topological polar surface area (TPSA) is 96.8 Å². The number of fused-ring (bicyclic) bond motifs is 2. The number of aromatic hydroxyl groups is 1. The highest BCUT2D eigenvalue weighted by Crippen LogP contribution is 2.32. The average Bonchev–Trinajstić information content (AvgIpc) is 3.48. The summed E-state index contributed by atoms with van der Waals surface area (Å²) in [6.45, 7) is 5.51. The second-order valence-corrected chi connectivity index (χ2v) is 10.5. The number of para-hydroxylation sites is 1. The number of phenols is 1. The van der Waals surface area contributed by atoms with Crippen molar-refractivity contribution in [3.63, 3.8) is 0 Å². The van der Waals surface area contributed by atoms with Crippen LogP contribution in [0, 0.1) is 13.8 Å². The number of allylic oxidation sites excluding steroid dienone is 1. The molecule has 8 heteroatoms. The SMILES string of the molecule is CC1=C(C(=O)Nc2ccccc2C)C(c2ccc(C)o2)n2c(s/c(=C/c3c(O)ccc4ccccc34)c2=O)=N1. The summed E-state index contributed by atoms with van der Waals surface area (Å²) in [5.41, 5.74) is 2.67. The monoisotopic (exact) mass is 535 g/mol. The standard InChI is InChI=1S/C31H25N3O4S/c1-17-8-4-7-11-23(17)33-29(36)27-19(3)32-31-34(28(27)25-15-12-18(2)38-25)30(37)26(39-31)16-22-21-10-6-5-9-20(21)13-14-24(22)35/h4-16,28,35H,1-3H3,(H,33,36)/b26-16+. The Labute approximate surface area is 227 Å². The molecule has 1 amide bonds. The van der Waals surface area contributed by atoms with Gasteiger partial charge in [0.25, 0.3) is 11.5 Å². The molecule has 0 saturated carbocycles. The van der Waals surface area contributed by atoms with Crippen LogP contribution in [0.2, 0.25) is 0 Å². The summed E-state index contributed by atoms with van der Waals surface area (Å²) in [6.07, 6.45) is 1.69. The highest BCUT2D eigenvalue weighted by atomic mass is 32.1. The van der Waals surface area contributed by atoms with Gasteiger partial charge in [-0.25, -0.2) is 4.99 Å². The number of aryl methyl sites for hydroxylation is 2. The van der Waals surface area contributed by atoms with Crippen molar-refractivity contribution in [2.45, 2.75) is 26.8 Å². The summed E-state index contributed by atoms with van der Waals surface area (Å²) >= 11 is 1.21. The fourth-order valence-electron chi connectivity index (χ4n) is 4.95. The highest BCUT2D eigenvalue weighted by Gasteiger charge is 2.34. The van der Waals surface area contributed by atoms with Gasteiger partial charge in [-0.3, -0.25) is 14.2 Å². The van der Waals surface area contributed by atoms with Crippen LogP contribution in [-0.4, -0.2) is 15.6 Å². The summed E-state index contributed by atoms with van der Waals surface area (Å²) in [5, 5.41) is 15.4. The van der Waals surface area contributed by atoms with Crippen LogP contribution in [0.3, 0.4) is 0 Å². The van der Waals surface area contributed by atoms with Crippen LogP contribution in [0.5, 0.6) is 5.75 Å². The van der Waals surface area contributed by atoms with Crippen molar-refractivity contribution in [1.82, 2.24) is 4.57 Å². The van der Waals surface area contributed by atoms with E-state index in [0.717, 1.165) is 16.3 Å². The number of benzene rings is 3. The van der Waals surface area contributed by atoms with Crippen LogP contribution in [0.15, 0.2) is 98.3 Å². The van der Waals surface area contributed by atoms with E-state index in [4.69, 9.17) is 4.42 Å². The van der Waals surface area contributed by atoms with Gasteiger partial charge in [-0.05, 0) is 67.4 Å². The van der Waals surface area contributed by atoms with Crippen LogP contribution in [0.25, 0.3) is 16.8 Å². The van der Waals surface area contributed by atoms with Crippen molar-refractivity contribution in [3.8, 4) is 5.75 Å². The fraction of sp³-hybridized carbons (Fsp3) is 0.129. The van der Waals surface area contributed by atoms with E-state index in [1.807, 2.05) is 74.5 Å². The maximum absolute atomic E-state index is 13.9. The molecule has 5 aromatic rings. The smallest absolute Gasteiger partial charge is 0.271 e. The summed E-state index contributed by atoms with van der Waals surface area (Å²) in [4.78, 5) is 32.8. The number of anilines is 1. The third-order valence-corrected chi connectivity index (χ3v) is 7.90. The Morgan fingerprint density at radius 3 is 2.56 bits per heavy atom. The molecule has 0 fully saturated rings. The lowest BCUT2D eigenvalue weighted by molar-refractivity contribution is -0.113. The van der Waals surface area contributed by atoms with Gasteiger partial charge in [0, 0.05) is 11.3 Å². The van der Waals surface area contributed by atoms with Crippen molar-refractivity contribution in [1.29, 1.82) is 0 Å². The van der Waals surface area contributed by atoms with Crippen LogP contribution >= 0.6 is 11.3 Å². The van der Waals surface area contributed by atoms with E-state index in [1.165, 1.54) is 15.9 Å². The van der Waals surface area contributed by atoms with Gasteiger partial charge in [0.05, 0.1) is 15.8 Å². The van der Waals surface area contributed by atoms with E-state index in [2.05, 4.69) is 10.3 Å². The number of hydrogen-bond donors (Lipinski definition) is 2. The van der Waals surface area contributed by atoms with Crippen LogP contribution in [-0.2, 0) is 4.79 Å². The number of rotatable bonds is 4. The number of amides is 1. The molecule has 3 aromatic carbocycles. The Balaban J connectivity index is 1.54. The fourth-order valence-corrected chi connectivity index (χ4v) is 5.98. The zero-order valence-electron chi connectivity index (χ0n) is 21.6. The quantitative estimate of drug-likeness (QED) is 0.341. The van der Waals surface area contributed by atoms with Crippen LogP contribution in [0.4, 0.5) is 5.69 Å². The zero-order chi connectivity index (χ0) is 27.3. The molecule has 1 aliphatic rings. The Morgan fingerprint density at radius 1 is 1.03 bits per heavy atom. The van der Waals surface area contributed by atoms with E-state index < -0.39 is 6.04 Å². The number of nitrogens with one attached hydrogen (secondary N) is 1. The van der Waals surface area contributed by atoms with E-state index in [9.17, 15) is 14.7 Å². The predicted molar refractivity (Wildman–Crippen MR) is 153 cm³/mol. The third-order valence-electron chi connectivity index (χ3n) is 6.91. The molecule has 1 unspecified atom stereocenters. The van der Waals surface area contributed by atoms with Crippen molar-refractivity contribution >= 4 is 39.8 Å². The lowest BCUT2D eigenvalue weighted by atomic mass is 10.00. The molecule has 0 bridgehead atoms.